The minimum Gasteiger partial charge on any atom is -0.481 e. The molecule has 9 nitrogen and oxygen atoms in total. The normalized spacial score (nSPS) is 20.0. The average molecular weight is 335 g/mol. The van der Waals surface area contributed by atoms with Crippen LogP contribution in [0.1, 0.15) is 36.0 Å². The number of amides is 2. The van der Waals surface area contributed by atoms with Gasteiger partial charge in [-0.25, -0.2) is 0 Å². The Morgan fingerprint density at radius 2 is 1.71 bits per heavy atom. The molecule has 2 atom stereocenters. The SMILES string of the molecule is O=C(NNC(=O)C1CCCCC1C(=O)O)c1ccccc1[N+](=O)[O-]. The van der Waals surface area contributed by atoms with Crippen molar-refractivity contribution in [2.75, 3.05) is 0 Å². The monoisotopic (exact) mass is 335 g/mol. The van der Waals surface area contributed by atoms with Crippen molar-refractivity contribution in [2.45, 2.75) is 25.7 Å². The molecule has 1 aromatic carbocycles. The van der Waals surface area contributed by atoms with Crippen LogP contribution in [0.15, 0.2) is 24.3 Å². The van der Waals surface area contributed by atoms with Crippen molar-refractivity contribution in [1.29, 1.82) is 0 Å². The van der Waals surface area contributed by atoms with Crippen LogP contribution in [0.4, 0.5) is 5.69 Å². The van der Waals surface area contributed by atoms with Crippen LogP contribution in [0.25, 0.3) is 0 Å². The predicted octanol–water partition coefficient (Wildman–Crippen LogP) is 1.25. The van der Waals surface area contributed by atoms with Gasteiger partial charge >= 0.3 is 5.97 Å². The number of hydrogen-bond acceptors (Lipinski definition) is 5. The topological polar surface area (TPSA) is 139 Å². The summed E-state index contributed by atoms with van der Waals surface area (Å²) in [5.41, 5.74) is 3.71. The predicted molar refractivity (Wildman–Crippen MR) is 81.8 cm³/mol. The number of carbonyl (C=O) groups excluding carboxylic acids is 2. The number of nitro benzene ring substituents is 1. The summed E-state index contributed by atoms with van der Waals surface area (Å²) in [6.07, 6.45) is 2.30. The third-order valence-corrected chi connectivity index (χ3v) is 4.06. The number of para-hydroxylation sites is 1. The molecule has 0 heterocycles. The summed E-state index contributed by atoms with van der Waals surface area (Å²) in [5.74, 6) is -4.00. The van der Waals surface area contributed by atoms with Crippen molar-refractivity contribution in [2.24, 2.45) is 11.8 Å². The van der Waals surface area contributed by atoms with E-state index in [0.29, 0.717) is 12.8 Å². The zero-order chi connectivity index (χ0) is 17.7. The van der Waals surface area contributed by atoms with Crippen molar-refractivity contribution < 1.29 is 24.4 Å². The summed E-state index contributed by atoms with van der Waals surface area (Å²) in [6, 6.07) is 5.33. The Labute approximate surface area is 137 Å². The van der Waals surface area contributed by atoms with E-state index in [-0.39, 0.29) is 11.3 Å². The molecule has 0 saturated heterocycles. The standard InChI is InChI=1S/C15H17N3O6/c19-13(9-5-1-2-6-10(9)15(21)22)16-17-14(20)11-7-3-4-8-12(11)18(23)24/h3-4,7-10H,1-2,5-6H2,(H,16,19)(H,17,20)(H,21,22). The van der Waals surface area contributed by atoms with Crippen molar-refractivity contribution in [3.63, 3.8) is 0 Å². The van der Waals surface area contributed by atoms with Gasteiger partial charge in [0.05, 0.1) is 16.8 Å². The van der Waals surface area contributed by atoms with Gasteiger partial charge in [0.2, 0.25) is 5.91 Å². The fraction of sp³-hybridized carbons (Fsp3) is 0.400. The van der Waals surface area contributed by atoms with E-state index in [2.05, 4.69) is 10.9 Å². The summed E-state index contributed by atoms with van der Waals surface area (Å²) in [6.45, 7) is 0. The molecule has 2 unspecified atom stereocenters. The molecule has 0 radical (unpaired) electrons. The molecule has 0 spiro atoms. The number of hydrogen-bond donors (Lipinski definition) is 3. The largest absolute Gasteiger partial charge is 0.481 e. The van der Waals surface area contributed by atoms with Gasteiger partial charge in [0, 0.05) is 6.07 Å². The molecule has 1 aliphatic carbocycles. The van der Waals surface area contributed by atoms with Crippen LogP contribution in [-0.4, -0.2) is 27.8 Å². The third kappa shape index (κ3) is 3.86. The van der Waals surface area contributed by atoms with Gasteiger partial charge in [-0.1, -0.05) is 25.0 Å². The van der Waals surface area contributed by atoms with Crippen LogP contribution in [0, 0.1) is 22.0 Å². The van der Waals surface area contributed by atoms with Gasteiger partial charge in [0.15, 0.2) is 0 Å². The van der Waals surface area contributed by atoms with Gasteiger partial charge in [0.1, 0.15) is 5.56 Å². The molecule has 128 valence electrons. The minimum absolute atomic E-state index is 0.193. The zero-order valence-corrected chi connectivity index (χ0v) is 12.7. The first-order chi connectivity index (χ1) is 11.4. The second-order valence-electron chi connectivity index (χ2n) is 5.55. The Morgan fingerprint density at radius 1 is 1.08 bits per heavy atom. The molecular formula is C15H17N3O6. The van der Waals surface area contributed by atoms with Crippen LogP contribution < -0.4 is 10.9 Å². The lowest BCUT2D eigenvalue weighted by Gasteiger charge is -2.27. The Morgan fingerprint density at radius 3 is 2.33 bits per heavy atom. The summed E-state index contributed by atoms with van der Waals surface area (Å²) < 4.78 is 0. The Balaban J connectivity index is 2.02. The van der Waals surface area contributed by atoms with E-state index in [1.807, 2.05) is 0 Å². The molecule has 24 heavy (non-hydrogen) atoms. The quantitative estimate of drug-likeness (QED) is 0.559. The average Bonchev–Trinajstić information content (AvgIpc) is 2.59. The number of carboxylic acids is 1. The molecule has 0 bridgehead atoms. The molecule has 0 aliphatic heterocycles. The summed E-state index contributed by atoms with van der Waals surface area (Å²) in [4.78, 5) is 45.6. The highest BCUT2D eigenvalue weighted by Crippen LogP contribution is 2.30. The third-order valence-electron chi connectivity index (χ3n) is 4.06. The van der Waals surface area contributed by atoms with E-state index in [9.17, 15) is 24.5 Å². The molecule has 2 amide bonds. The fourth-order valence-electron chi connectivity index (χ4n) is 2.84. The smallest absolute Gasteiger partial charge is 0.307 e. The van der Waals surface area contributed by atoms with Crippen LogP contribution in [0.5, 0.6) is 0 Å². The lowest BCUT2D eigenvalue weighted by molar-refractivity contribution is -0.385. The maximum absolute atomic E-state index is 12.1. The van der Waals surface area contributed by atoms with Gasteiger partial charge in [0.25, 0.3) is 11.6 Å². The number of carbonyl (C=O) groups is 3. The second-order valence-corrected chi connectivity index (χ2v) is 5.55. The number of nitro groups is 1. The summed E-state index contributed by atoms with van der Waals surface area (Å²) in [7, 11) is 0. The van der Waals surface area contributed by atoms with Gasteiger partial charge in [-0.15, -0.1) is 0 Å². The van der Waals surface area contributed by atoms with Gasteiger partial charge < -0.3 is 5.11 Å². The Hall–Kier alpha value is -2.97. The molecule has 9 heteroatoms. The molecule has 3 N–H and O–H groups in total. The number of hydrazine groups is 1. The van der Waals surface area contributed by atoms with Crippen molar-refractivity contribution in [1.82, 2.24) is 10.9 Å². The second kappa shape index (κ2) is 7.53. The maximum atomic E-state index is 12.1. The van der Waals surface area contributed by atoms with E-state index >= 15 is 0 Å². The fourth-order valence-corrected chi connectivity index (χ4v) is 2.84. The number of carboxylic acid groups (broad SMARTS) is 1. The van der Waals surface area contributed by atoms with Crippen LogP contribution in [0.2, 0.25) is 0 Å². The van der Waals surface area contributed by atoms with E-state index in [0.717, 1.165) is 12.8 Å². The van der Waals surface area contributed by atoms with E-state index < -0.39 is 34.5 Å². The number of nitrogens with one attached hydrogen (secondary N) is 2. The first-order valence-electron chi connectivity index (χ1n) is 7.48. The number of aliphatic carboxylic acids is 1. The van der Waals surface area contributed by atoms with Crippen molar-refractivity contribution in [3.8, 4) is 0 Å². The van der Waals surface area contributed by atoms with E-state index in [4.69, 9.17) is 5.11 Å². The highest BCUT2D eigenvalue weighted by atomic mass is 16.6. The van der Waals surface area contributed by atoms with Crippen molar-refractivity contribution >= 4 is 23.5 Å². The van der Waals surface area contributed by atoms with Crippen LogP contribution in [0.3, 0.4) is 0 Å². The summed E-state index contributed by atoms with van der Waals surface area (Å²) >= 11 is 0. The molecule has 1 aliphatic rings. The van der Waals surface area contributed by atoms with Gasteiger partial charge in [-0.3, -0.25) is 35.3 Å². The highest BCUT2D eigenvalue weighted by Gasteiger charge is 2.36. The minimum atomic E-state index is -1.04. The van der Waals surface area contributed by atoms with Gasteiger partial charge in [-0.05, 0) is 18.9 Å². The molecule has 0 aromatic heterocycles. The molecule has 1 saturated carbocycles. The summed E-state index contributed by atoms with van der Waals surface area (Å²) in [5, 5.41) is 20.1. The molecule has 1 fully saturated rings. The van der Waals surface area contributed by atoms with E-state index in [1.54, 1.807) is 0 Å². The molecule has 1 aromatic rings. The molecular weight excluding hydrogens is 318 g/mol. The lowest BCUT2D eigenvalue weighted by Crippen LogP contribution is -2.48. The zero-order valence-electron chi connectivity index (χ0n) is 12.7. The Bertz CT molecular complexity index is 675. The maximum Gasteiger partial charge on any atom is 0.307 e. The number of nitrogens with zero attached hydrogens (tertiary/aromatic N) is 1. The Kier molecular flexibility index (Phi) is 5.46. The first-order valence-corrected chi connectivity index (χ1v) is 7.48. The van der Waals surface area contributed by atoms with Crippen molar-refractivity contribution in [3.05, 3.63) is 39.9 Å². The lowest BCUT2D eigenvalue weighted by atomic mass is 9.79. The van der Waals surface area contributed by atoms with E-state index in [1.165, 1.54) is 24.3 Å². The first kappa shape index (κ1) is 17.4. The van der Waals surface area contributed by atoms with Gasteiger partial charge in [-0.2, -0.15) is 0 Å². The molecule has 2 rings (SSSR count). The number of benzene rings is 1. The highest BCUT2D eigenvalue weighted by molar-refractivity contribution is 5.99. The van der Waals surface area contributed by atoms with Crippen LogP contribution >= 0.6 is 0 Å². The number of rotatable bonds is 4. The van der Waals surface area contributed by atoms with Crippen LogP contribution in [-0.2, 0) is 9.59 Å².